The molecule has 0 radical (unpaired) electrons. The van der Waals surface area contributed by atoms with Crippen molar-refractivity contribution in [3.05, 3.63) is 26.6 Å². The Kier molecular flexibility index (Phi) is 2.36. The third-order valence-corrected chi connectivity index (χ3v) is 3.71. The molecule has 5 heteroatoms. The Labute approximate surface area is 97.1 Å². The van der Waals surface area contributed by atoms with Crippen LogP contribution in [0.1, 0.15) is 10.4 Å². The van der Waals surface area contributed by atoms with Crippen molar-refractivity contribution in [2.24, 2.45) is 0 Å². The molecule has 1 aromatic heterocycles. The van der Waals surface area contributed by atoms with Gasteiger partial charge in [0.15, 0.2) is 0 Å². The monoisotopic (exact) mass is 320 g/mol. The lowest BCUT2D eigenvalue weighted by Gasteiger charge is -2.02. The summed E-state index contributed by atoms with van der Waals surface area (Å²) in [5, 5.41) is 21.2. The number of thiophene rings is 1. The molecule has 0 spiro atoms. The molecule has 0 aliphatic rings. The van der Waals surface area contributed by atoms with Gasteiger partial charge in [-0.15, -0.1) is 11.3 Å². The van der Waals surface area contributed by atoms with Crippen LogP contribution in [0.3, 0.4) is 0 Å². The van der Waals surface area contributed by atoms with Crippen molar-refractivity contribution in [3.63, 3.8) is 0 Å². The van der Waals surface area contributed by atoms with Gasteiger partial charge in [-0.2, -0.15) is 0 Å². The first-order valence-electron chi connectivity index (χ1n) is 3.73. The summed E-state index contributed by atoms with van der Waals surface area (Å²) in [4.78, 5) is 10.8. The number of hydrogen-bond donors (Lipinski definition) is 2. The van der Waals surface area contributed by atoms with Crippen LogP contribution in [0.2, 0.25) is 0 Å². The van der Waals surface area contributed by atoms with Gasteiger partial charge in [-0.1, -0.05) is 0 Å². The number of rotatable bonds is 1. The van der Waals surface area contributed by atoms with Gasteiger partial charge in [0.2, 0.25) is 0 Å². The standard InChI is InChI=1S/C9H5IO3S/c10-6-3-5(9(12)13)7(11)8-4(6)1-2-14-8/h1-3,11H,(H,12,13). The minimum absolute atomic E-state index is 0.0376. The van der Waals surface area contributed by atoms with Gasteiger partial charge in [0.1, 0.15) is 11.3 Å². The van der Waals surface area contributed by atoms with E-state index in [9.17, 15) is 9.90 Å². The van der Waals surface area contributed by atoms with E-state index in [1.54, 1.807) is 0 Å². The number of hydrogen-bond acceptors (Lipinski definition) is 3. The topological polar surface area (TPSA) is 57.5 Å². The van der Waals surface area contributed by atoms with Crippen molar-refractivity contribution < 1.29 is 15.0 Å². The van der Waals surface area contributed by atoms with E-state index in [2.05, 4.69) is 22.6 Å². The van der Waals surface area contributed by atoms with E-state index >= 15 is 0 Å². The first kappa shape index (κ1) is 9.72. The number of carboxylic acids is 1. The van der Waals surface area contributed by atoms with Crippen LogP contribution >= 0.6 is 33.9 Å². The third kappa shape index (κ3) is 1.36. The van der Waals surface area contributed by atoms with Crippen molar-refractivity contribution in [3.8, 4) is 5.75 Å². The van der Waals surface area contributed by atoms with Gasteiger partial charge in [-0.3, -0.25) is 0 Å². The molecule has 0 aliphatic heterocycles. The number of phenols is 1. The Morgan fingerprint density at radius 3 is 2.86 bits per heavy atom. The number of benzene rings is 1. The molecule has 0 saturated carbocycles. The van der Waals surface area contributed by atoms with Crippen LogP contribution < -0.4 is 0 Å². The van der Waals surface area contributed by atoms with Gasteiger partial charge in [0.25, 0.3) is 0 Å². The molecule has 0 amide bonds. The first-order chi connectivity index (χ1) is 6.61. The molecule has 0 unspecified atom stereocenters. The first-order valence-corrected chi connectivity index (χ1v) is 5.69. The lowest BCUT2D eigenvalue weighted by Crippen LogP contribution is -1.97. The van der Waals surface area contributed by atoms with E-state index in [0.717, 1.165) is 8.96 Å². The number of fused-ring (bicyclic) bond motifs is 1. The molecule has 2 N–H and O–H groups in total. The summed E-state index contributed by atoms with van der Waals surface area (Å²) in [6.07, 6.45) is 0. The Hall–Kier alpha value is -0.820. The molecule has 0 saturated heterocycles. The number of carboxylic acid groups (broad SMARTS) is 1. The lowest BCUT2D eigenvalue weighted by molar-refractivity contribution is 0.0694. The molecule has 2 rings (SSSR count). The molecule has 0 aliphatic carbocycles. The second-order valence-corrected chi connectivity index (χ2v) is 4.80. The van der Waals surface area contributed by atoms with Crippen LogP contribution in [0.25, 0.3) is 10.1 Å². The molecule has 3 nitrogen and oxygen atoms in total. The summed E-state index contributed by atoms with van der Waals surface area (Å²) in [7, 11) is 0. The van der Waals surface area contributed by atoms with Gasteiger partial charge in [0, 0.05) is 8.96 Å². The molecule has 2 aromatic rings. The Morgan fingerprint density at radius 2 is 2.21 bits per heavy atom. The van der Waals surface area contributed by atoms with Crippen molar-refractivity contribution in [1.82, 2.24) is 0 Å². The van der Waals surface area contributed by atoms with E-state index < -0.39 is 5.97 Å². The van der Waals surface area contributed by atoms with E-state index in [0.29, 0.717) is 4.70 Å². The zero-order valence-corrected chi connectivity index (χ0v) is 9.79. The zero-order chi connectivity index (χ0) is 10.3. The van der Waals surface area contributed by atoms with E-state index in [4.69, 9.17) is 5.11 Å². The second-order valence-electron chi connectivity index (χ2n) is 2.72. The molecular weight excluding hydrogens is 315 g/mol. The maximum Gasteiger partial charge on any atom is 0.339 e. The Morgan fingerprint density at radius 1 is 1.50 bits per heavy atom. The molecule has 72 valence electrons. The van der Waals surface area contributed by atoms with Crippen LogP contribution in [-0.2, 0) is 0 Å². The molecule has 14 heavy (non-hydrogen) atoms. The molecule has 0 bridgehead atoms. The maximum atomic E-state index is 10.8. The third-order valence-electron chi connectivity index (χ3n) is 1.89. The SMILES string of the molecule is O=C(O)c1cc(I)c2ccsc2c1O. The molecule has 1 aromatic carbocycles. The zero-order valence-electron chi connectivity index (χ0n) is 6.82. The quantitative estimate of drug-likeness (QED) is 0.795. The highest BCUT2D eigenvalue weighted by molar-refractivity contribution is 14.1. The fourth-order valence-electron chi connectivity index (χ4n) is 1.24. The average molecular weight is 320 g/mol. The van der Waals surface area contributed by atoms with Gasteiger partial charge in [-0.25, -0.2) is 4.79 Å². The summed E-state index contributed by atoms with van der Waals surface area (Å²) in [5.74, 6) is -1.24. The van der Waals surface area contributed by atoms with Gasteiger partial charge in [-0.05, 0) is 40.1 Å². The summed E-state index contributed by atoms with van der Waals surface area (Å²) >= 11 is 3.40. The van der Waals surface area contributed by atoms with Crippen LogP contribution in [0, 0.1) is 3.57 Å². The van der Waals surface area contributed by atoms with E-state index in [1.807, 2.05) is 11.4 Å². The minimum Gasteiger partial charge on any atom is -0.506 e. The normalized spacial score (nSPS) is 10.6. The van der Waals surface area contributed by atoms with Gasteiger partial charge in [0.05, 0.1) is 4.70 Å². The van der Waals surface area contributed by atoms with E-state index in [-0.39, 0.29) is 11.3 Å². The maximum absolute atomic E-state index is 10.8. The van der Waals surface area contributed by atoms with Crippen molar-refractivity contribution in [1.29, 1.82) is 0 Å². The van der Waals surface area contributed by atoms with E-state index in [1.165, 1.54) is 17.4 Å². The highest BCUT2D eigenvalue weighted by Crippen LogP contribution is 2.36. The Balaban J connectivity index is 2.88. The predicted molar refractivity (Wildman–Crippen MR) is 63.2 cm³/mol. The largest absolute Gasteiger partial charge is 0.506 e. The molecule has 1 heterocycles. The van der Waals surface area contributed by atoms with Crippen molar-refractivity contribution in [2.45, 2.75) is 0 Å². The summed E-state index contributed by atoms with van der Waals surface area (Å²) < 4.78 is 1.48. The van der Waals surface area contributed by atoms with Gasteiger partial charge < -0.3 is 10.2 Å². The summed E-state index contributed by atoms with van der Waals surface area (Å²) in [6.45, 7) is 0. The number of aromatic hydroxyl groups is 1. The average Bonchev–Trinajstić information content (AvgIpc) is 2.59. The number of carbonyl (C=O) groups is 1. The molecule has 0 atom stereocenters. The second kappa shape index (κ2) is 3.39. The number of aromatic carboxylic acids is 1. The smallest absolute Gasteiger partial charge is 0.339 e. The predicted octanol–water partition coefficient (Wildman–Crippen LogP) is 2.91. The summed E-state index contributed by atoms with van der Waals surface area (Å²) in [6, 6.07) is 3.35. The number of halogens is 1. The lowest BCUT2D eigenvalue weighted by atomic mass is 10.1. The summed E-state index contributed by atoms with van der Waals surface area (Å²) in [5.41, 5.74) is -0.0376. The van der Waals surface area contributed by atoms with Crippen LogP contribution in [0.15, 0.2) is 17.5 Å². The molecule has 0 fully saturated rings. The van der Waals surface area contributed by atoms with Crippen LogP contribution in [0.4, 0.5) is 0 Å². The van der Waals surface area contributed by atoms with Crippen molar-refractivity contribution >= 4 is 50.0 Å². The fourth-order valence-corrected chi connectivity index (χ4v) is 3.05. The van der Waals surface area contributed by atoms with Gasteiger partial charge >= 0.3 is 5.97 Å². The van der Waals surface area contributed by atoms with Crippen molar-refractivity contribution in [2.75, 3.05) is 0 Å². The molecular formula is C9H5IO3S. The Bertz CT molecular complexity index is 518. The highest BCUT2D eigenvalue weighted by Gasteiger charge is 2.15. The van der Waals surface area contributed by atoms with Crippen LogP contribution in [-0.4, -0.2) is 16.2 Å². The highest BCUT2D eigenvalue weighted by atomic mass is 127. The minimum atomic E-state index is -1.10. The van der Waals surface area contributed by atoms with Crippen LogP contribution in [0.5, 0.6) is 5.75 Å². The fraction of sp³-hybridized carbons (Fsp3) is 0.